The van der Waals surface area contributed by atoms with E-state index in [0.29, 0.717) is 22.8 Å². The minimum atomic E-state index is -0.400. The molecule has 0 saturated carbocycles. The minimum absolute atomic E-state index is 0.0501. The van der Waals surface area contributed by atoms with Crippen LogP contribution >= 0.6 is 0 Å². The van der Waals surface area contributed by atoms with Crippen LogP contribution in [-0.2, 0) is 6.54 Å². The average molecular weight is 343 g/mol. The number of nitrogens with one attached hydrogen (secondary N) is 2. The van der Waals surface area contributed by atoms with Crippen molar-refractivity contribution in [1.29, 1.82) is 0 Å². The molecule has 0 aliphatic heterocycles. The molecule has 25 heavy (non-hydrogen) atoms. The van der Waals surface area contributed by atoms with E-state index in [4.69, 9.17) is 10.5 Å². The maximum atomic E-state index is 13.2. The van der Waals surface area contributed by atoms with Gasteiger partial charge in [0.25, 0.3) is 5.56 Å². The maximum Gasteiger partial charge on any atom is 0.253 e. The number of nitrogen functional groups attached to an aromatic ring is 1. The Hall–Kier alpha value is -3.16. The number of nitrogens with zero attached hydrogens (tertiary/aromatic N) is 2. The molecule has 0 amide bonds. The van der Waals surface area contributed by atoms with E-state index in [9.17, 15) is 9.18 Å². The Balaban J connectivity index is 1.83. The summed E-state index contributed by atoms with van der Waals surface area (Å²) in [5.74, 6) is 0.473. The Labute approximate surface area is 143 Å². The number of nitrogens with two attached hydrogens (primary N) is 1. The molecule has 0 saturated heterocycles. The number of halogens is 1. The lowest BCUT2D eigenvalue weighted by Crippen LogP contribution is -2.16. The van der Waals surface area contributed by atoms with Gasteiger partial charge in [0.1, 0.15) is 11.6 Å². The first-order valence-electron chi connectivity index (χ1n) is 7.77. The number of aromatic nitrogens is 3. The van der Waals surface area contributed by atoms with Gasteiger partial charge in [-0.05, 0) is 43.5 Å². The predicted molar refractivity (Wildman–Crippen MR) is 94.1 cm³/mol. The van der Waals surface area contributed by atoms with Gasteiger partial charge >= 0.3 is 0 Å². The van der Waals surface area contributed by atoms with E-state index in [1.807, 2.05) is 13.8 Å². The highest BCUT2D eigenvalue weighted by Gasteiger charge is 2.08. The molecule has 0 aliphatic carbocycles. The van der Waals surface area contributed by atoms with Crippen LogP contribution in [0.25, 0.3) is 10.9 Å². The van der Waals surface area contributed by atoms with Gasteiger partial charge in [-0.25, -0.2) is 4.39 Å². The molecular formula is C17H18FN5O2. The lowest BCUT2D eigenvalue weighted by atomic mass is 10.1. The summed E-state index contributed by atoms with van der Waals surface area (Å²) < 4.78 is 18.7. The number of rotatable bonds is 5. The van der Waals surface area contributed by atoms with Crippen LogP contribution in [0, 0.1) is 5.82 Å². The Morgan fingerprint density at radius 3 is 2.84 bits per heavy atom. The molecule has 4 N–H and O–H groups in total. The summed E-state index contributed by atoms with van der Waals surface area (Å²) in [4.78, 5) is 22.9. The van der Waals surface area contributed by atoms with Gasteiger partial charge in [-0.1, -0.05) is 0 Å². The topological polar surface area (TPSA) is 106 Å². The quantitative estimate of drug-likeness (QED) is 0.657. The van der Waals surface area contributed by atoms with E-state index < -0.39 is 5.82 Å². The van der Waals surface area contributed by atoms with E-state index in [1.54, 1.807) is 18.2 Å². The van der Waals surface area contributed by atoms with Crippen LogP contribution in [0.5, 0.6) is 5.88 Å². The Morgan fingerprint density at radius 1 is 1.28 bits per heavy atom. The third-order valence-electron chi connectivity index (χ3n) is 3.42. The molecule has 0 fully saturated rings. The number of fused-ring (bicyclic) bond motifs is 1. The first kappa shape index (κ1) is 16.7. The number of aromatic amines is 1. The van der Waals surface area contributed by atoms with Crippen LogP contribution in [-0.4, -0.2) is 21.1 Å². The molecule has 7 nitrogen and oxygen atoms in total. The van der Waals surface area contributed by atoms with Gasteiger partial charge in [0.15, 0.2) is 0 Å². The van der Waals surface area contributed by atoms with Gasteiger partial charge in [-0.15, -0.1) is 0 Å². The van der Waals surface area contributed by atoms with Crippen molar-refractivity contribution >= 4 is 22.7 Å². The zero-order chi connectivity index (χ0) is 18.0. The lowest BCUT2D eigenvalue weighted by Gasteiger charge is -2.11. The summed E-state index contributed by atoms with van der Waals surface area (Å²) in [6.45, 7) is 3.98. The first-order valence-corrected chi connectivity index (χ1v) is 7.77. The number of H-pyrrole nitrogens is 1. The van der Waals surface area contributed by atoms with E-state index in [2.05, 4.69) is 20.3 Å². The van der Waals surface area contributed by atoms with Crippen molar-refractivity contribution in [3.63, 3.8) is 0 Å². The Kier molecular flexibility index (Phi) is 4.51. The summed E-state index contributed by atoms with van der Waals surface area (Å²) in [6, 6.07) is 7.56. The average Bonchev–Trinajstić information content (AvgIpc) is 2.51. The van der Waals surface area contributed by atoms with Crippen molar-refractivity contribution < 1.29 is 9.13 Å². The largest absolute Gasteiger partial charge is 0.475 e. The number of pyridine rings is 1. The van der Waals surface area contributed by atoms with Gasteiger partial charge in [0, 0.05) is 18.2 Å². The van der Waals surface area contributed by atoms with Crippen LogP contribution in [0.4, 0.5) is 16.2 Å². The van der Waals surface area contributed by atoms with Crippen LogP contribution in [0.15, 0.2) is 35.1 Å². The maximum absolute atomic E-state index is 13.2. The summed E-state index contributed by atoms with van der Waals surface area (Å²) in [7, 11) is 0. The van der Waals surface area contributed by atoms with Crippen LogP contribution in [0.1, 0.15) is 19.4 Å². The predicted octanol–water partition coefficient (Wildman–Crippen LogP) is 2.44. The molecule has 130 valence electrons. The summed E-state index contributed by atoms with van der Waals surface area (Å²) in [5, 5.41) is 3.77. The highest BCUT2D eigenvalue weighted by Crippen LogP contribution is 2.17. The SMILES string of the molecule is CC(C)Oc1cc(NCc2cc3ccc(F)cc3[nH]c2=O)nc(N)n1. The van der Waals surface area contributed by atoms with Crippen molar-refractivity contribution in [3.8, 4) is 5.88 Å². The third kappa shape index (κ3) is 4.03. The second-order valence-corrected chi connectivity index (χ2v) is 5.83. The van der Waals surface area contributed by atoms with E-state index in [1.165, 1.54) is 12.1 Å². The standard InChI is InChI=1S/C17H18FN5O2/c1-9(2)25-15-7-14(22-17(19)23-15)20-8-11-5-10-3-4-12(18)6-13(10)21-16(11)24/h3-7,9H,8H2,1-2H3,(H,21,24)(H3,19,20,22,23). The van der Waals surface area contributed by atoms with E-state index in [-0.39, 0.29) is 24.2 Å². The normalized spacial score (nSPS) is 11.0. The van der Waals surface area contributed by atoms with Crippen LogP contribution in [0.2, 0.25) is 0 Å². The molecule has 0 radical (unpaired) electrons. The van der Waals surface area contributed by atoms with Crippen molar-refractivity contribution in [1.82, 2.24) is 15.0 Å². The fourth-order valence-corrected chi connectivity index (χ4v) is 2.37. The molecule has 8 heteroatoms. The summed E-state index contributed by atoms with van der Waals surface area (Å²) >= 11 is 0. The van der Waals surface area contributed by atoms with Gasteiger partial charge < -0.3 is 20.8 Å². The van der Waals surface area contributed by atoms with Crippen molar-refractivity contribution in [2.75, 3.05) is 11.1 Å². The van der Waals surface area contributed by atoms with E-state index >= 15 is 0 Å². The Morgan fingerprint density at radius 2 is 2.08 bits per heavy atom. The number of anilines is 2. The molecule has 1 aromatic carbocycles. The van der Waals surface area contributed by atoms with Crippen LogP contribution < -0.4 is 21.3 Å². The van der Waals surface area contributed by atoms with Crippen molar-refractivity contribution in [3.05, 3.63) is 52.1 Å². The molecule has 0 bridgehead atoms. The second-order valence-electron chi connectivity index (χ2n) is 5.83. The molecule has 2 heterocycles. The number of hydrogen-bond acceptors (Lipinski definition) is 6. The van der Waals surface area contributed by atoms with Crippen molar-refractivity contribution in [2.24, 2.45) is 0 Å². The summed E-state index contributed by atoms with van der Waals surface area (Å²) in [5.41, 5.74) is 6.32. The highest BCUT2D eigenvalue weighted by atomic mass is 19.1. The fraction of sp³-hybridized carbons (Fsp3) is 0.235. The molecule has 0 aliphatic rings. The zero-order valence-corrected chi connectivity index (χ0v) is 13.8. The molecule has 0 spiro atoms. The minimum Gasteiger partial charge on any atom is -0.475 e. The van der Waals surface area contributed by atoms with Gasteiger partial charge in [-0.3, -0.25) is 4.79 Å². The number of ether oxygens (including phenoxy) is 1. The highest BCUT2D eigenvalue weighted by molar-refractivity contribution is 5.78. The van der Waals surface area contributed by atoms with Gasteiger partial charge in [0.05, 0.1) is 11.6 Å². The van der Waals surface area contributed by atoms with Gasteiger partial charge in [0.2, 0.25) is 11.8 Å². The van der Waals surface area contributed by atoms with Crippen LogP contribution in [0.3, 0.4) is 0 Å². The molecule has 3 aromatic rings. The van der Waals surface area contributed by atoms with Gasteiger partial charge in [-0.2, -0.15) is 9.97 Å². The summed E-state index contributed by atoms with van der Waals surface area (Å²) in [6.07, 6.45) is -0.0501. The molecular weight excluding hydrogens is 325 g/mol. The first-order chi connectivity index (χ1) is 11.9. The van der Waals surface area contributed by atoms with Crippen molar-refractivity contribution in [2.45, 2.75) is 26.5 Å². The second kappa shape index (κ2) is 6.76. The zero-order valence-electron chi connectivity index (χ0n) is 13.8. The molecule has 0 atom stereocenters. The number of hydrogen-bond donors (Lipinski definition) is 3. The third-order valence-corrected chi connectivity index (χ3v) is 3.42. The fourth-order valence-electron chi connectivity index (χ4n) is 2.37. The molecule has 0 unspecified atom stereocenters. The Bertz CT molecular complexity index is 971. The monoisotopic (exact) mass is 343 g/mol. The lowest BCUT2D eigenvalue weighted by molar-refractivity contribution is 0.233. The molecule has 2 aromatic heterocycles. The van der Waals surface area contributed by atoms with E-state index in [0.717, 1.165) is 5.39 Å². The number of benzene rings is 1. The smallest absolute Gasteiger partial charge is 0.253 e. The molecule has 3 rings (SSSR count).